The van der Waals surface area contributed by atoms with Gasteiger partial charge in [-0.05, 0) is 54.7 Å². The van der Waals surface area contributed by atoms with Crippen LogP contribution in [0.2, 0.25) is 0 Å². The van der Waals surface area contributed by atoms with Crippen molar-refractivity contribution < 1.29 is 19.4 Å². The molecule has 1 saturated carbocycles. The number of anilines is 1. The highest BCUT2D eigenvalue weighted by atomic mass is 16.5. The predicted octanol–water partition coefficient (Wildman–Crippen LogP) is 3.59. The summed E-state index contributed by atoms with van der Waals surface area (Å²) in [6.45, 7) is 0.419. The van der Waals surface area contributed by atoms with Gasteiger partial charge in [-0.3, -0.25) is 4.79 Å². The molecule has 1 heterocycles. The van der Waals surface area contributed by atoms with Crippen molar-refractivity contribution in [3.8, 4) is 17.2 Å². The van der Waals surface area contributed by atoms with E-state index in [1.54, 1.807) is 23.1 Å². The first kappa shape index (κ1) is 15.6. The largest absolute Gasteiger partial charge is 0.504 e. The number of hydrogen-bond donors (Lipinski definition) is 1. The van der Waals surface area contributed by atoms with Gasteiger partial charge in [0.05, 0.1) is 7.11 Å². The second-order valence-corrected chi connectivity index (χ2v) is 6.29. The van der Waals surface area contributed by atoms with Gasteiger partial charge in [0, 0.05) is 18.3 Å². The van der Waals surface area contributed by atoms with Crippen LogP contribution in [0.25, 0.3) is 0 Å². The molecule has 1 fully saturated rings. The number of carbonyl (C=O) groups excluding carboxylic acids is 1. The Kier molecular flexibility index (Phi) is 3.84. The van der Waals surface area contributed by atoms with Gasteiger partial charge in [0.1, 0.15) is 5.75 Å². The summed E-state index contributed by atoms with van der Waals surface area (Å²) in [7, 11) is 1.47. The van der Waals surface area contributed by atoms with Gasteiger partial charge in [0.25, 0.3) is 5.91 Å². The minimum absolute atomic E-state index is 0.0399. The maximum atomic E-state index is 12.6. The molecule has 25 heavy (non-hydrogen) atoms. The molecule has 2 aromatic carbocycles. The van der Waals surface area contributed by atoms with Crippen LogP contribution in [0, 0.1) is 0 Å². The molecular formula is C20H19NO4. The zero-order chi connectivity index (χ0) is 17.4. The van der Waals surface area contributed by atoms with E-state index in [9.17, 15) is 9.90 Å². The Bertz CT molecular complexity index is 837. The van der Waals surface area contributed by atoms with Gasteiger partial charge in [-0.15, -0.1) is 0 Å². The van der Waals surface area contributed by atoms with E-state index in [-0.39, 0.29) is 11.7 Å². The quantitative estimate of drug-likeness (QED) is 0.906. The number of ether oxygens (including phenoxy) is 2. The number of methoxy groups -OCH3 is 1. The predicted molar refractivity (Wildman–Crippen MR) is 94.1 cm³/mol. The van der Waals surface area contributed by atoms with Crippen LogP contribution in [0.3, 0.4) is 0 Å². The molecule has 0 radical (unpaired) electrons. The second-order valence-electron chi connectivity index (χ2n) is 6.29. The summed E-state index contributed by atoms with van der Waals surface area (Å²) in [6, 6.07) is 12.8. The Hall–Kier alpha value is -2.95. The highest BCUT2D eigenvalue weighted by Crippen LogP contribution is 2.40. The van der Waals surface area contributed by atoms with Crippen molar-refractivity contribution in [1.82, 2.24) is 0 Å². The first-order valence-electron chi connectivity index (χ1n) is 8.32. The maximum absolute atomic E-state index is 12.6. The number of hydrogen-bond acceptors (Lipinski definition) is 4. The zero-order valence-electron chi connectivity index (χ0n) is 13.9. The molecule has 0 aromatic heterocycles. The van der Waals surface area contributed by atoms with Crippen molar-refractivity contribution in [3.63, 3.8) is 0 Å². The molecule has 5 heteroatoms. The Balaban J connectivity index is 1.47. The van der Waals surface area contributed by atoms with E-state index in [0.717, 1.165) is 0 Å². The molecule has 0 bridgehead atoms. The third-order valence-corrected chi connectivity index (χ3v) is 4.55. The van der Waals surface area contributed by atoms with E-state index < -0.39 is 0 Å². The molecule has 0 unspecified atom stereocenters. The van der Waals surface area contributed by atoms with E-state index in [2.05, 4.69) is 12.1 Å². The lowest BCUT2D eigenvalue weighted by atomic mass is 10.1. The van der Waals surface area contributed by atoms with Crippen LogP contribution in [0.1, 0.15) is 24.3 Å². The van der Waals surface area contributed by atoms with Crippen molar-refractivity contribution in [2.45, 2.75) is 18.8 Å². The van der Waals surface area contributed by atoms with Crippen LogP contribution in [-0.4, -0.2) is 24.7 Å². The highest BCUT2D eigenvalue weighted by Gasteiger charge is 2.28. The topological polar surface area (TPSA) is 59.0 Å². The van der Waals surface area contributed by atoms with Crippen LogP contribution in [0.5, 0.6) is 17.2 Å². The second kappa shape index (κ2) is 6.16. The van der Waals surface area contributed by atoms with Crippen molar-refractivity contribution in [1.29, 1.82) is 0 Å². The fraction of sp³-hybridized carbons (Fsp3) is 0.250. The van der Waals surface area contributed by atoms with Gasteiger partial charge < -0.3 is 19.5 Å². The molecule has 1 N–H and O–H groups in total. The van der Waals surface area contributed by atoms with Crippen molar-refractivity contribution >= 4 is 11.6 Å². The molecule has 0 spiro atoms. The standard InChI is InChI=1S/C20H19NO4/c1-24-19-12-15(6-9-17(19)22)21-11-10-18(20(21)23)25-16-7-4-14(5-8-16)13-2-3-13/h4-10,12-13,22H,2-3,11H2,1H3. The third kappa shape index (κ3) is 3.05. The lowest BCUT2D eigenvalue weighted by Gasteiger charge is -2.17. The normalized spacial score (nSPS) is 16.8. The Morgan fingerprint density at radius 1 is 1.12 bits per heavy atom. The van der Waals surface area contributed by atoms with Crippen LogP contribution in [0.4, 0.5) is 5.69 Å². The fourth-order valence-corrected chi connectivity index (χ4v) is 2.97. The Labute approximate surface area is 146 Å². The molecular weight excluding hydrogens is 318 g/mol. The lowest BCUT2D eigenvalue weighted by Crippen LogP contribution is -2.27. The van der Waals surface area contributed by atoms with Crippen LogP contribution >= 0.6 is 0 Å². The molecule has 0 atom stereocenters. The van der Waals surface area contributed by atoms with E-state index >= 15 is 0 Å². The van der Waals surface area contributed by atoms with E-state index in [0.29, 0.717) is 35.4 Å². The molecule has 4 rings (SSSR count). The average Bonchev–Trinajstić information content (AvgIpc) is 3.42. The highest BCUT2D eigenvalue weighted by molar-refractivity contribution is 6.07. The van der Waals surface area contributed by atoms with Gasteiger partial charge in [0.15, 0.2) is 17.3 Å². The molecule has 1 amide bonds. The summed E-state index contributed by atoms with van der Waals surface area (Å²) >= 11 is 0. The van der Waals surface area contributed by atoms with Gasteiger partial charge >= 0.3 is 0 Å². The molecule has 1 aliphatic carbocycles. The number of phenols is 1. The number of carbonyl (C=O) groups is 1. The molecule has 5 nitrogen and oxygen atoms in total. The molecule has 1 aliphatic heterocycles. The first-order chi connectivity index (χ1) is 12.2. The van der Waals surface area contributed by atoms with E-state index in [4.69, 9.17) is 9.47 Å². The third-order valence-electron chi connectivity index (χ3n) is 4.55. The van der Waals surface area contributed by atoms with Crippen LogP contribution < -0.4 is 14.4 Å². The van der Waals surface area contributed by atoms with Gasteiger partial charge in [-0.2, -0.15) is 0 Å². The molecule has 2 aliphatic rings. The van der Waals surface area contributed by atoms with Crippen LogP contribution in [-0.2, 0) is 4.79 Å². The number of phenolic OH excluding ortho intramolecular Hbond substituents is 1. The minimum atomic E-state index is -0.209. The summed E-state index contributed by atoms with van der Waals surface area (Å²) in [4.78, 5) is 14.2. The molecule has 0 saturated heterocycles. The maximum Gasteiger partial charge on any atom is 0.294 e. The van der Waals surface area contributed by atoms with Gasteiger partial charge in [-0.25, -0.2) is 0 Å². The monoisotopic (exact) mass is 337 g/mol. The van der Waals surface area contributed by atoms with E-state index in [1.165, 1.54) is 31.6 Å². The summed E-state index contributed by atoms with van der Waals surface area (Å²) in [5, 5.41) is 9.69. The molecule has 128 valence electrons. The molecule has 2 aromatic rings. The van der Waals surface area contributed by atoms with Crippen molar-refractivity contribution in [2.24, 2.45) is 0 Å². The number of benzene rings is 2. The number of nitrogens with zero attached hydrogens (tertiary/aromatic N) is 1. The van der Waals surface area contributed by atoms with Gasteiger partial charge in [0.2, 0.25) is 0 Å². The summed E-state index contributed by atoms with van der Waals surface area (Å²) in [5.41, 5.74) is 1.98. The van der Waals surface area contributed by atoms with Gasteiger partial charge in [-0.1, -0.05) is 12.1 Å². The average molecular weight is 337 g/mol. The lowest BCUT2D eigenvalue weighted by molar-refractivity contribution is -0.116. The number of amides is 1. The summed E-state index contributed by atoms with van der Waals surface area (Å²) in [6.07, 6.45) is 4.28. The smallest absolute Gasteiger partial charge is 0.294 e. The zero-order valence-corrected chi connectivity index (χ0v) is 13.9. The van der Waals surface area contributed by atoms with Crippen molar-refractivity contribution in [2.75, 3.05) is 18.6 Å². The SMILES string of the molecule is COc1cc(N2CC=C(Oc3ccc(C4CC4)cc3)C2=O)ccc1O. The summed E-state index contributed by atoms with van der Waals surface area (Å²) in [5.74, 6) is 1.83. The number of aromatic hydroxyl groups is 1. The fourth-order valence-electron chi connectivity index (χ4n) is 2.97. The number of rotatable bonds is 5. The van der Waals surface area contributed by atoms with Crippen LogP contribution in [0.15, 0.2) is 54.3 Å². The van der Waals surface area contributed by atoms with E-state index in [1.807, 2.05) is 12.1 Å². The summed E-state index contributed by atoms with van der Waals surface area (Å²) < 4.78 is 10.9. The Morgan fingerprint density at radius 2 is 1.88 bits per heavy atom. The first-order valence-corrected chi connectivity index (χ1v) is 8.32. The minimum Gasteiger partial charge on any atom is -0.504 e. The Morgan fingerprint density at radius 3 is 2.56 bits per heavy atom. The van der Waals surface area contributed by atoms with Crippen molar-refractivity contribution in [3.05, 3.63) is 59.9 Å².